The molecule has 1 saturated heterocycles. The number of benzene rings is 2. The number of hydrogen-bond acceptors (Lipinski definition) is 5. The monoisotopic (exact) mass is 413 g/mol. The molecular weight excluding hydrogens is 384 g/mol. The third kappa shape index (κ3) is 4.60. The van der Waals surface area contributed by atoms with Gasteiger partial charge in [0.25, 0.3) is 5.91 Å². The van der Waals surface area contributed by atoms with Crippen LogP contribution in [0.4, 0.5) is 15.8 Å². The van der Waals surface area contributed by atoms with Gasteiger partial charge in [-0.05, 0) is 69.6 Å². The van der Waals surface area contributed by atoms with Crippen molar-refractivity contribution in [1.82, 2.24) is 4.90 Å². The van der Waals surface area contributed by atoms with Gasteiger partial charge in [-0.1, -0.05) is 6.07 Å². The summed E-state index contributed by atoms with van der Waals surface area (Å²) in [6, 6.07) is 12.1. The second-order valence-corrected chi connectivity index (χ2v) is 8.63. The Morgan fingerprint density at radius 1 is 1.00 bits per heavy atom. The van der Waals surface area contributed by atoms with Crippen molar-refractivity contribution in [3.8, 4) is 0 Å². The van der Waals surface area contributed by atoms with Crippen LogP contribution < -0.4 is 16.1 Å². The number of carbonyl (C=O) groups excluding carboxylic acids is 1. The summed E-state index contributed by atoms with van der Waals surface area (Å²) >= 11 is 0. The van der Waals surface area contributed by atoms with Crippen molar-refractivity contribution in [3.05, 3.63) is 53.8 Å². The molecule has 0 atom stereocenters. The van der Waals surface area contributed by atoms with Crippen LogP contribution >= 0.6 is 0 Å². The molecule has 3 rings (SSSR count). The van der Waals surface area contributed by atoms with Crippen molar-refractivity contribution in [1.29, 1.82) is 0 Å². The first-order valence-corrected chi connectivity index (χ1v) is 9.95. The normalized spacial score (nSPS) is 17.0. The molecule has 2 N–H and O–H groups in total. The number of anilines is 2. The molecule has 0 aliphatic carbocycles. The van der Waals surface area contributed by atoms with Gasteiger partial charge < -0.3 is 24.8 Å². The van der Waals surface area contributed by atoms with E-state index in [2.05, 4.69) is 10.6 Å². The highest BCUT2D eigenvalue weighted by atomic mass is 19.1. The van der Waals surface area contributed by atoms with E-state index in [0.717, 1.165) is 5.69 Å². The first-order chi connectivity index (χ1) is 14.0. The quantitative estimate of drug-likeness (QED) is 0.562. The number of hydrogen-bond donors (Lipinski definition) is 2. The maximum atomic E-state index is 14.6. The van der Waals surface area contributed by atoms with Gasteiger partial charge in [-0.3, -0.25) is 4.79 Å². The van der Waals surface area contributed by atoms with E-state index in [1.54, 1.807) is 38.4 Å². The summed E-state index contributed by atoms with van der Waals surface area (Å²) in [6.07, 6.45) is 0. The molecule has 0 saturated carbocycles. The molecule has 2 aromatic carbocycles. The molecule has 1 amide bonds. The average molecular weight is 413 g/mol. The molecule has 2 aromatic rings. The maximum Gasteiger partial charge on any atom is 0.494 e. The Balaban J connectivity index is 1.58. The third-order valence-electron chi connectivity index (χ3n) is 5.63. The fourth-order valence-corrected chi connectivity index (χ4v) is 3.03. The van der Waals surface area contributed by atoms with E-state index in [1.165, 1.54) is 11.0 Å². The van der Waals surface area contributed by atoms with Crippen LogP contribution in [0.5, 0.6) is 0 Å². The van der Waals surface area contributed by atoms with Crippen LogP contribution in [-0.4, -0.2) is 49.9 Å². The third-order valence-corrected chi connectivity index (χ3v) is 5.63. The minimum atomic E-state index is -0.597. The predicted molar refractivity (Wildman–Crippen MR) is 119 cm³/mol. The van der Waals surface area contributed by atoms with Gasteiger partial charge in [-0.2, -0.15) is 0 Å². The lowest BCUT2D eigenvalue weighted by molar-refractivity contribution is 0.00578. The molecule has 6 nitrogen and oxygen atoms in total. The first kappa shape index (κ1) is 22.1. The van der Waals surface area contributed by atoms with Crippen molar-refractivity contribution in [2.45, 2.75) is 38.9 Å². The highest BCUT2D eigenvalue weighted by Gasteiger charge is 2.51. The molecule has 1 aliphatic heterocycles. The van der Waals surface area contributed by atoms with Crippen LogP contribution in [0, 0.1) is 5.82 Å². The second-order valence-electron chi connectivity index (χ2n) is 8.63. The van der Waals surface area contributed by atoms with Crippen molar-refractivity contribution in [2.24, 2.45) is 0 Å². The van der Waals surface area contributed by atoms with Crippen LogP contribution in [0.3, 0.4) is 0 Å². The minimum absolute atomic E-state index is 0.0520. The van der Waals surface area contributed by atoms with Crippen LogP contribution in [0.25, 0.3) is 0 Å². The summed E-state index contributed by atoms with van der Waals surface area (Å²) in [5.74, 6) is -0.431. The zero-order valence-electron chi connectivity index (χ0n) is 18.4. The van der Waals surface area contributed by atoms with Crippen molar-refractivity contribution in [2.75, 3.05) is 31.4 Å². The lowest BCUT2D eigenvalue weighted by Crippen LogP contribution is -2.41. The van der Waals surface area contributed by atoms with Gasteiger partial charge in [0.1, 0.15) is 5.82 Å². The Morgan fingerprint density at radius 2 is 1.60 bits per heavy atom. The van der Waals surface area contributed by atoms with E-state index in [4.69, 9.17) is 9.31 Å². The molecule has 160 valence electrons. The minimum Gasteiger partial charge on any atom is -0.399 e. The Labute approximate surface area is 177 Å². The summed E-state index contributed by atoms with van der Waals surface area (Å²) in [6.45, 7) is 8.19. The van der Waals surface area contributed by atoms with Gasteiger partial charge in [0, 0.05) is 25.3 Å². The molecule has 0 spiro atoms. The number of carbonyl (C=O) groups is 1. The number of amides is 1. The lowest BCUT2D eigenvalue weighted by atomic mass is 9.79. The predicted octanol–water partition coefficient (Wildman–Crippen LogP) is 3.31. The van der Waals surface area contributed by atoms with Crippen LogP contribution in [0.1, 0.15) is 38.1 Å². The largest absolute Gasteiger partial charge is 0.494 e. The van der Waals surface area contributed by atoms with Crippen molar-refractivity contribution >= 4 is 29.9 Å². The molecule has 1 fully saturated rings. The summed E-state index contributed by atoms with van der Waals surface area (Å²) < 4.78 is 26.5. The van der Waals surface area contributed by atoms with Crippen LogP contribution in [0.2, 0.25) is 0 Å². The van der Waals surface area contributed by atoms with Gasteiger partial charge in [-0.25, -0.2) is 4.39 Å². The van der Waals surface area contributed by atoms with Gasteiger partial charge in [0.2, 0.25) is 0 Å². The zero-order chi connectivity index (χ0) is 22.1. The molecule has 8 heteroatoms. The topological polar surface area (TPSA) is 62.8 Å². The lowest BCUT2D eigenvalue weighted by Gasteiger charge is -2.32. The molecule has 1 aliphatic rings. The van der Waals surface area contributed by atoms with E-state index in [-0.39, 0.29) is 11.7 Å². The molecule has 0 aromatic heterocycles. The Morgan fingerprint density at radius 3 is 2.13 bits per heavy atom. The highest BCUT2D eigenvalue weighted by molar-refractivity contribution is 6.62. The van der Waals surface area contributed by atoms with E-state index in [0.29, 0.717) is 23.4 Å². The van der Waals surface area contributed by atoms with Crippen LogP contribution in [0.15, 0.2) is 42.5 Å². The number of nitrogens with zero attached hydrogens (tertiary/aromatic N) is 1. The number of nitrogens with one attached hydrogen (secondary N) is 2. The zero-order valence-corrected chi connectivity index (χ0v) is 18.4. The summed E-state index contributed by atoms with van der Waals surface area (Å²) in [5, 5.41) is 6.18. The van der Waals surface area contributed by atoms with Crippen molar-refractivity contribution in [3.63, 3.8) is 0 Å². The molecule has 0 radical (unpaired) electrons. The van der Waals surface area contributed by atoms with E-state index < -0.39 is 18.3 Å². The van der Waals surface area contributed by atoms with E-state index >= 15 is 0 Å². The Kier molecular flexibility index (Phi) is 6.10. The standard InChI is InChI=1S/C22H29BFN3O3/c1-21(2)22(3,4)30-23(29-21)16-9-12-19(18(24)13-16)26-14-25-17-10-7-15(8-11-17)20(28)27(5)6/h7-13,25-26H,14H2,1-6H3. The molecule has 30 heavy (non-hydrogen) atoms. The molecule has 1 heterocycles. The van der Waals surface area contributed by atoms with E-state index in [1.807, 2.05) is 39.8 Å². The molecule has 0 bridgehead atoms. The second kappa shape index (κ2) is 8.28. The Bertz CT molecular complexity index is 900. The average Bonchev–Trinajstić information content (AvgIpc) is 2.90. The Hall–Kier alpha value is -2.58. The number of halogens is 1. The van der Waals surface area contributed by atoms with Gasteiger partial charge in [0.05, 0.1) is 23.6 Å². The van der Waals surface area contributed by atoms with Gasteiger partial charge in [-0.15, -0.1) is 0 Å². The molecular formula is C22H29BFN3O3. The first-order valence-electron chi connectivity index (χ1n) is 9.95. The fourth-order valence-electron chi connectivity index (χ4n) is 3.03. The number of rotatable bonds is 6. The smallest absolute Gasteiger partial charge is 0.399 e. The summed E-state index contributed by atoms with van der Waals surface area (Å²) in [4.78, 5) is 13.4. The molecule has 0 unspecified atom stereocenters. The summed E-state index contributed by atoms with van der Waals surface area (Å²) in [7, 11) is 2.83. The van der Waals surface area contributed by atoms with Gasteiger partial charge >= 0.3 is 7.12 Å². The fraction of sp³-hybridized carbons (Fsp3) is 0.409. The summed E-state index contributed by atoms with van der Waals surface area (Å²) in [5.41, 5.74) is 1.52. The van der Waals surface area contributed by atoms with Crippen molar-refractivity contribution < 1.29 is 18.5 Å². The van der Waals surface area contributed by atoms with E-state index in [9.17, 15) is 9.18 Å². The SMILES string of the molecule is CN(C)C(=O)c1ccc(NCNc2ccc(B3OC(C)(C)C(C)(C)O3)cc2F)cc1. The van der Waals surface area contributed by atoms with Gasteiger partial charge in [0.15, 0.2) is 0 Å². The van der Waals surface area contributed by atoms with Crippen LogP contribution in [-0.2, 0) is 9.31 Å². The highest BCUT2D eigenvalue weighted by Crippen LogP contribution is 2.36. The maximum absolute atomic E-state index is 14.6.